The Balaban J connectivity index is 2.19. The molecule has 6 heteroatoms. The van der Waals surface area contributed by atoms with Crippen LogP contribution in [0.25, 0.3) is 0 Å². The fourth-order valence-electron chi connectivity index (χ4n) is 2.22. The summed E-state index contributed by atoms with van der Waals surface area (Å²) in [5.41, 5.74) is 0.745. The van der Waals surface area contributed by atoms with Gasteiger partial charge in [-0.15, -0.1) is 0 Å². The van der Waals surface area contributed by atoms with Crippen LogP contribution in [0.2, 0.25) is 0 Å². The lowest BCUT2D eigenvalue weighted by Crippen LogP contribution is -2.15. The summed E-state index contributed by atoms with van der Waals surface area (Å²) in [4.78, 5) is 6.40. The molecule has 0 N–H and O–H groups in total. The predicted molar refractivity (Wildman–Crippen MR) is 95.1 cm³/mol. The minimum Gasteiger partial charge on any atom is -0.491 e. The number of alkyl halides is 3. The molecule has 1 aromatic heterocycles. The molecule has 0 amide bonds. The number of aryl methyl sites for hydroxylation is 1. The molecule has 0 radical (unpaired) electrons. The Morgan fingerprint density at radius 2 is 1.88 bits per heavy atom. The number of rotatable bonds is 5. The molecule has 26 heavy (non-hydrogen) atoms. The number of halogens is 3. The van der Waals surface area contributed by atoms with Gasteiger partial charge in [-0.2, -0.15) is 13.2 Å². The summed E-state index contributed by atoms with van der Waals surface area (Å²) in [5, 5.41) is 0. The highest BCUT2D eigenvalue weighted by molar-refractivity contribution is 5.47. The molecule has 2 rings (SSSR count). The average Bonchev–Trinajstić information content (AvgIpc) is 2.57. The second kappa shape index (κ2) is 8.72. The van der Waals surface area contributed by atoms with Crippen LogP contribution < -0.4 is 4.74 Å². The van der Waals surface area contributed by atoms with Crippen molar-refractivity contribution in [3.8, 4) is 17.6 Å². The Bertz CT molecular complexity index is 805. The van der Waals surface area contributed by atoms with Crippen molar-refractivity contribution in [2.45, 2.75) is 19.5 Å². The number of pyridine rings is 1. The number of hydrogen-bond donors (Lipinski definition) is 0. The first-order valence-electron chi connectivity index (χ1n) is 8.20. The van der Waals surface area contributed by atoms with Crippen molar-refractivity contribution < 1.29 is 17.9 Å². The topological polar surface area (TPSA) is 25.4 Å². The summed E-state index contributed by atoms with van der Waals surface area (Å²) in [6.07, 6.45) is -3.54. The third-order valence-electron chi connectivity index (χ3n) is 3.52. The molecule has 0 saturated heterocycles. The van der Waals surface area contributed by atoms with E-state index in [1.807, 2.05) is 27.1 Å². The van der Waals surface area contributed by atoms with Gasteiger partial charge in [-0.05, 0) is 63.7 Å². The molecule has 0 aliphatic carbocycles. The molecule has 3 nitrogen and oxygen atoms in total. The Labute approximate surface area is 151 Å². The van der Waals surface area contributed by atoms with E-state index in [1.165, 1.54) is 12.1 Å². The van der Waals surface area contributed by atoms with E-state index in [0.717, 1.165) is 30.8 Å². The summed E-state index contributed by atoms with van der Waals surface area (Å²) in [6, 6.07) is 8.53. The van der Waals surface area contributed by atoms with Crippen LogP contribution >= 0.6 is 0 Å². The highest BCUT2D eigenvalue weighted by Crippen LogP contribution is 2.29. The van der Waals surface area contributed by atoms with Crippen LogP contribution in [0.1, 0.15) is 28.9 Å². The molecular weight excluding hydrogens is 341 g/mol. The van der Waals surface area contributed by atoms with Crippen molar-refractivity contribution >= 4 is 0 Å². The fraction of sp³-hybridized carbons (Fsp3) is 0.350. The van der Waals surface area contributed by atoms with Gasteiger partial charge in [0, 0.05) is 17.8 Å². The van der Waals surface area contributed by atoms with Crippen LogP contribution in [-0.2, 0) is 6.18 Å². The maximum Gasteiger partial charge on any atom is 0.416 e. The third-order valence-corrected chi connectivity index (χ3v) is 3.52. The van der Waals surface area contributed by atoms with Crippen LogP contribution in [0.4, 0.5) is 13.2 Å². The first-order chi connectivity index (χ1) is 12.3. The van der Waals surface area contributed by atoms with E-state index in [-0.39, 0.29) is 5.56 Å². The molecular formula is C20H21F3N2O. The third kappa shape index (κ3) is 6.08. The van der Waals surface area contributed by atoms with Gasteiger partial charge in [-0.1, -0.05) is 12.0 Å². The summed E-state index contributed by atoms with van der Waals surface area (Å²) in [5.74, 6) is 6.12. The second-order valence-electron chi connectivity index (χ2n) is 6.13. The first-order valence-corrected chi connectivity index (χ1v) is 8.20. The van der Waals surface area contributed by atoms with E-state index in [0.29, 0.717) is 18.1 Å². The smallest absolute Gasteiger partial charge is 0.416 e. The summed E-state index contributed by atoms with van der Waals surface area (Å²) < 4.78 is 44.1. The molecule has 0 fully saturated rings. The van der Waals surface area contributed by atoms with Gasteiger partial charge in [0.2, 0.25) is 0 Å². The summed E-state index contributed by atoms with van der Waals surface area (Å²) >= 11 is 0. The molecule has 0 saturated carbocycles. The van der Waals surface area contributed by atoms with Gasteiger partial charge in [-0.25, -0.2) is 4.98 Å². The van der Waals surface area contributed by atoms with Crippen LogP contribution in [0, 0.1) is 18.8 Å². The van der Waals surface area contributed by atoms with Gasteiger partial charge in [0.15, 0.2) is 11.4 Å². The Hall–Kier alpha value is -2.52. The lowest BCUT2D eigenvalue weighted by molar-refractivity contribution is -0.137. The molecule has 1 aromatic carbocycles. The second-order valence-corrected chi connectivity index (χ2v) is 6.13. The van der Waals surface area contributed by atoms with Gasteiger partial charge in [0.05, 0.1) is 12.2 Å². The van der Waals surface area contributed by atoms with E-state index in [9.17, 15) is 13.2 Å². The van der Waals surface area contributed by atoms with Gasteiger partial charge < -0.3 is 9.64 Å². The highest BCUT2D eigenvalue weighted by atomic mass is 19.4. The van der Waals surface area contributed by atoms with Crippen LogP contribution in [0.5, 0.6) is 5.75 Å². The maximum atomic E-state index is 12.8. The highest BCUT2D eigenvalue weighted by Gasteiger charge is 2.30. The zero-order chi connectivity index (χ0) is 19.2. The maximum absolute atomic E-state index is 12.8. The number of aromatic nitrogens is 1. The molecule has 0 unspecified atom stereocenters. The molecule has 0 atom stereocenters. The normalized spacial score (nSPS) is 11.2. The predicted octanol–water partition coefficient (Wildman–Crippen LogP) is 4.14. The van der Waals surface area contributed by atoms with Gasteiger partial charge >= 0.3 is 6.18 Å². The molecule has 0 spiro atoms. The van der Waals surface area contributed by atoms with E-state index in [4.69, 9.17) is 4.74 Å². The molecule has 2 aromatic rings. The summed E-state index contributed by atoms with van der Waals surface area (Å²) in [7, 11) is 3.97. The van der Waals surface area contributed by atoms with Gasteiger partial charge in [-0.3, -0.25) is 0 Å². The van der Waals surface area contributed by atoms with Crippen LogP contribution in [-0.4, -0.2) is 37.1 Å². The zero-order valence-corrected chi connectivity index (χ0v) is 15.0. The molecule has 0 aliphatic heterocycles. The number of ether oxygens (including phenoxy) is 1. The Morgan fingerprint density at radius 1 is 1.12 bits per heavy atom. The Kier molecular flexibility index (Phi) is 6.64. The van der Waals surface area contributed by atoms with Crippen molar-refractivity contribution in [1.82, 2.24) is 9.88 Å². The minimum absolute atomic E-state index is 0.279. The number of hydrogen-bond acceptors (Lipinski definition) is 3. The van der Waals surface area contributed by atoms with E-state index < -0.39 is 11.7 Å². The summed E-state index contributed by atoms with van der Waals surface area (Å²) in [6.45, 7) is 3.23. The first kappa shape index (κ1) is 19.8. The fourth-order valence-corrected chi connectivity index (χ4v) is 2.22. The minimum atomic E-state index is -4.39. The molecule has 0 aliphatic rings. The number of nitrogens with zero attached hydrogens (tertiary/aromatic N) is 2. The quantitative estimate of drug-likeness (QED) is 0.590. The molecule has 138 valence electrons. The zero-order valence-electron chi connectivity index (χ0n) is 15.0. The van der Waals surface area contributed by atoms with Crippen molar-refractivity contribution in [2.24, 2.45) is 0 Å². The van der Waals surface area contributed by atoms with E-state index in [2.05, 4.69) is 21.7 Å². The number of benzene rings is 1. The SMILES string of the molecule is Cc1ccc(OCCCN(C)C)c(C#Cc2cccc(C(F)(F)F)c2)n1. The largest absolute Gasteiger partial charge is 0.491 e. The lowest BCUT2D eigenvalue weighted by atomic mass is 10.1. The van der Waals surface area contributed by atoms with Crippen LogP contribution in [0.3, 0.4) is 0 Å². The van der Waals surface area contributed by atoms with E-state index in [1.54, 1.807) is 6.07 Å². The standard InChI is InChI=1S/C20H21F3N2O/c1-15-8-11-19(26-13-5-12-25(2)3)18(24-15)10-9-16-6-4-7-17(14-16)20(21,22)23/h4,6-8,11,14H,5,12-13H2,1-3H3. The monoisotopic (exact) mass is 362 g/mol. The lowest BCUT2D eigenvalue weighted by Gasteiger charge is -2.11. The Morgan fingerprint density at radius 3 is 2.58 bits per heavy atom. The van der Waals surface area contributed by atoms with Gasteiger partial charge in [0.1, 0.15) is 0 Å². The van der Waals surface area contributed by atoms with E-state index >= 15 is 0 Å². The van der Waals surface area contributed by atoms with Crippen molar-refractivity contribution in [2.75, 3.05) is 27.2 Å². The van der Waals surface area contributed by atoms with Crippen molar-refractivity contribution in [1.29, 1.82) is 0 Å². The average molecular weight is 362 g/mol. The van der Waals surface area contributed by atoms with Crippen molar-refractivity contribution in [3.63, 3.8) is 0 Å². The molecule has 1 heterocycles. The molecule has 0 bridgehead atoms. The van der Waals surface area contributed by atoms with Crippen molar-refractivity contribution in [3.05, 3.63) is 58.9 Å². The van der Waals surface area contributed by atoms with Crippen LogP contribution in [0.15, 0.2) is 36.4 Å². The van der Waals surface area contributed by atoms with Gasteiger partial charge in [0.25, 0.3) is 0 Å².